The average Bonchev–Trinajstić information content (AvgIpc) is 2.17. The van der Waals surface area contributed by atoms with Crippen LogP contribution in [0.25, 0.3) is 10.8 Å². The largest absolute Gasteiger partial charge is 0.418 e. The van der Waals surface area contributed by atoms with Crippen LogP contribution in [0.2, 0.25) is 0 Å². The molecule has 1 radical (unpaired) electrons. The van der Waals surface area contributed by atoms with Crippen LogP contribution in [0.5, 0.6) is 0 Å². The minimum Gasteiger partial charge on any atom is -0.406 e. The van der Waals surface area contributed by atoms with Gasteiger partial charge in [-0.2, -0.15) is 0 Å². The molecule has 2 nitrogen and oxygen atoms in total. The Morgan fingerprint density at radius 3 is 2.31 bits per heavy atom. The number of rotatable bonds is 1. The van der Waals surface area contributed by atoms with Gasteiger partial charge in [-0.25, -0.2) is 0 Å². The number of hydrogen-bond acceptors (Lipinski definition) is 2. The molecular formula is C10H9O2Si. The molecule has 0 aliphatic heterocycles. The third-order valence-electron chi connectivity index (χ3n) is 2.03. The van der Waals surface area contributed by atoms with Gasteiger partial charge in [0, 0.05) is 5.19 Å². The maximum absolute atomic E-state index is 9.18. The van der Waals surface area contributed by atoms with Crippen molar-refractivity contribution in [2.24, 2.45) is 0 Å². The predicted octanol–water partition coefficient (Wildman–Crippen LogP) is 0.520. The molecule has 0 unspecified atom stereocenters. The Kier molecular flexibility index (Phi) is 2.14. The van der Waals surface area contributed by atoms with Crippen LogP contribution in [-0.4, -0.2) is 18.9 Å². The third-order valence-corrected chi connectivity index (χ3v) is 2.95. The first kappa shape index (κ1) is 8.44. The summed E-state index contributed by atoms with van der Waals surface area (Å²) in [6.45, 7) is 0. The zero-order valence-corrected chi connectivity index (χ0v) is 7.94. The summed E-state index contributed by atoms with van der Waals surface area (Å²) in [4.78, 5) is 18.4. The van der Waals surface area contributed by atoms with Gasteiger partial charge in [0.1, 0.15) is 0 Å². The second-order valence-corrected chi connectivity index (χ2v) is 4.04. The highest BCUT2D eigenvalue weighted by atomic mass is 28.3. The van der Waals surface area contributed by atoms with Crippen LogP contribution in [0.15, 0.2) is 42.5 Å². The highest BCUT2D eigenvalue weighted by Crippen LogP contribution is 2.10. The Hall–Kier alpha value is -1.16. The van der Waals surface area contributed by atoms with Gasteiger partial charge in [0.15, 0.2) is 0 Å². The van der Waals surface area contributed by atoms with Crippen molar-refractivity contribution in [2.45, 2.75) is 0 Å². The molecule has 0 saturated heterocycles. The second kappa shape index (κ2) is 3.30. The molecule has 0 bridgehead atoms. The van der Waals surface area contributed by atoms with Crippen molar-refractivity contribution in [3.05, 3.63) is 42.5 Å². The molecule has 2 N–H and O–H groups in total. The zero-order chi connectivity index (χ0) is 9.26. The van der Waals surface area contributed by atoms with Crippen LogP contribution in [0.4, 0.5) is 0 Å². The normalized spacial score (nSPS) is 11.0. The van der Waals surface area contributed by atoms with Gasteiger partial charge in [-0.1, -0.05) is 42.5 Å². The first-order valence-corrected chi connectivity index (χ1v) is 5.41. The summed E-state index contributed by atoms with van der Waals surface area (Å²) in [5.41, 5.74) is 0. The smallest absolute Gasteiger partial charge is 0.406 e. The van der Waals surface area contributed by atoms with E-state index in [0.29, 0.717) is 5.19 Å². The summed E-state index contributed by atoms with van der Waals surface area (Å²) in [6, 6.07) is 13.3. The summed E-state index contributed by atoms with van der Waals surface area (Å²) < 4.78 is 0. The predicted molar refractivity (Wildman–Crippen MR) is 53.8 cm³/mol. The van der Waals surface area contributed by atoms with Crippen molar-refractivity contribution in [1.82, 2.24) is 0 Å². The SMILES string of the molecule is O[Si](O)c1cccc2ccccc12. The quantitative estimate of drug-likeness (QED) is 0.642. The minimum absolute atomic E-state index is 0.656. The Morgan fingerprint density at radius 2 is 1.54 bits per heavy atom. The maximum Gasteiger partial charge on any atom is 0.418 e. The van der Waals surface area contributed by atoms with E-state index in [1.54, 1.807) is 6.07 Å². The molecule has 0 aromatic heterocycles. The van der Waals surface area contributed by atoms with Crippen molar-refractivity contribution in [3.63, 3.8) is 0 Å². The molecule has 0 atom stereocenters. The van der Waals surface area contributed by atoms with E-state index in [2.05, 4.69) is 0 Å². The molecule has 2 rings (SSSR count). The molecule has 0 aliphatic carbocycles. The molecule has 0 aliphatic rings. The Balaban J connectivity index is 2.76. The first-order chi connectivity index (χ1) is 6.29. The highest BCUT2D eigenvalue weighted by Gasteiger charge is 2.11. The number of fused-ring (bicyclic) bond motifs is 1. The van der Waals surface area contributed by atoms with Crippen molar-refractivity contribution in [3.8, 4) is 0 Å². The molecule has 0 saturated carbocycles. The molecule has 13 heavy (non-hydrogen) atoms. The lowest BCUT2D eigenvalue weighted by atomic mass is 10.1. The molecule has 2 aromatic rings. The van der Waals surface area contributed by atoms with E-state index < -0.39 is 9.28 Å². The van der Waals surface area contributed by atoms with Gasteiger partial charge in [-0.3, -0.25) is 0 Å². The van der Waals surface area contributed by atoms with Gasteiger partial charge in [-0.05, 0) is 10.8 Å². The van der Waals surface area contributed by atoms with E-state index in [9.17, 15) is 9.59 Å². The van der Waals surface area contributed by atoms with Crippen molar-refractivity contribution >= 4 is 25.2 Å². The Bertz CT molecular complexity index is 421. The van der Waals surface area contributed by atoms with Crippen molar-refractivity contribution in [2.75, 3.05) is 0 Å². The van der Waals surface area contributed by atoms with E-state index in [-0.39, 0.29) is 0 Å². The van der Waals surface area contributed by atoms with Gasteiger partial charge in [0.05, 0.1) is 0 Å². The second-order valence-electron chi connectivity index (χ2n) is 2.85. The van der Waals surface area contributed by atoms with E-state index in [1.165, 1.54) is 0 Å². The van der Waals surface area contributed by atoms with E-state index in [0.717, 1.165) is 10.8 Å². The summed E-state index contributed by atoms with van der Waals surface area (Å²) in [5, 5.41) is 2.64. The van der Waals surface area contributed by atoms with Crippen molar-refractivity contribution < 1.29 is 9.59 Å². The lowest BCUT2D eigenvalue weighted by Crippen LogP contribution is -2.30. The Morgan fingerprint density at radius 1 is 0.846 bits per heavy atom. The van der Waals surface area contributed by atoms with Gasteiger partial charge >= 0.3 is 9.28 Å². The first-order valence-electron chi connectivity index (χ1n) is 4.02. The van der Waals surface area contributed by atoms with E-state index >= 15 is 0 Å². The monoisotopic (exact) mass is 189 g/mol. The summed E-state index contributed by atoms with van der Waals surface area (Å²) >= 11 is 0. The van der Waals surface area contributed by atoms with Gasteiger partial charge in [-0.15, -0.1) is 0 Å². The lowest BCUT2D eigenvalue weighted by molar-refractivity contribution is 0.426. The Labute approximate surface area is 77.9 Å². The maximum atomic E-state index is 9.18. The molecule has 0 fully saturated rings. The molecule has 0 spiro atoms. The third kappa shape index (κ3) is 1.49. The van der Waals surface area contributed by atoms with Crippen LogP contribution in [0.3, 0.4) is 0 Å². The van der Waals surface area contributed by atoms with Crippen LogP contribution in [0, 0.1) is 0 Å². The zero-order valence-electron chi connectivity index (χ0n) is 6.94. The standard InChI is InChI=1S/C10H9O2Si/c11-13(12)10-7-3-5-8-4-1-2-6-9(8)10/h1-7,11-12H. The van der Waals surface area contributed by atoms with Gasteiger partial charge < -0.3 is 9.59 Å². The van der Waals surface area contributed by atoms with Crippen molar-refractivity contribution in [1.29, 1.82) is 0 Å². The topological polar surface area (TPSA) is 40.5 Å². The van der Waals surface area contributed by atoms with Gasteiger partial charge in [0.25, 0.3) is 0 Å². The minimum atomic E-state index is -2.34. The summed E-state index contributed by atoms with van der Waals surface area (Å²) in [5.74, 6) is 0. The molecule has 0 heterocycles. The number of hydrogen-bond donors (Lipinski definition) is 2. The van der Waals surface area contributed by atoms with Crippen LogP contribution < -0.4 is 5.19 Å². The highest BCUT2D eigenvalue weighted by molar-refractivity contribution is 6.61. The number of benzene rings is 2. The van der Waals surface area contributed by atoms with Gasteiger partial charge in [0.2, 0.25) is 0 Å². The molecule has 65 valence electrons. The summed E-state index contributed by atoms with van der Waals surface area (Å²) in [7, 11) is -2.34. The molecular weight excluding hydrogens is 180 g/mol. The van der Waals surface area contributed by atoms with E-state index in [1.807, 2.05) is 36.4 Å². The molecule has 3 heteroatoms. The fourth-order valence-corrected chi connectivity index (χ4v) is 2.13. The average molecular weight is 189 g/mol. The fraction of sp³-hybridized carbons (Fsp3) is 0. The molecule has 2 aromatic carbocycles. The fourth-order valence-electron chi connectivity index (χ4n) is 1.42. The lowest BCUT2D eigenvalue weighted by Gasteiger charge is -2.04. The van der Waals surface area contributed by atoms with Crippen LogP contribution in [0.1, 0.15) is 0 Å². The summed E-state index contributed by atoms with van der Waals surface area (Å²) in [6.07, 6.45) is 0. The molecule has 0 amide bonds. The van der Waals surface area contributed by atoms with Crippen LogP contribution in [-0.2, 0) is 0 Å². The van der Waals surface area contributed by atoms with E-state index in [4.69, 9.17) is 0 Å². The van der Waals surface area contributed by atoms with Crippen LogP contribution >= 0.6 is 0 Å².